The first kappa shape index (κ1) is 15.6. The van der Waals surface area contributed by atoms with E-state index in [9.17, 15) is 9.90 Å². The van der Waals surface area contributed by atoms with Crippen LogP contribution in [0.3, 0.4) is 0 Å². The van der Waals surface area contributed by atoms with Gasteiger partial charge in [0.25, 0.3) is 0 Å². The number of esters is 1. The van der Waals surface area contributed by atoms with Crippen molar-refractivity contribution in [2.24, 2.45) is 11.8 Å². The highest BCUT2D eigenvalue weighted by Gasteiger charge is 2.25. The molecule has 0 spiro atoms. The number of fused-ring (bicyclic) bond motifs is 1. The largest absolute Gasteiger partial charge is 0.462 e. The van der Waals surface area contributed by atoms with Gasteiger partial charge in [-0.1, -0.05) is 25.8 Å². The van der Waals surface area contributed by atoms with Crippen LogP contribution in [-0.2, 0) is 9.53 Å². The second kappa shape index (κ2) is 7.26. The van der Waals surface area contributed by atoms with E-state index in [1.165, 1.54) is 26.2 Å². The number of carbonyl (C=O) groups excluding carboxylic acids is 1. The maximum absolute atomic E-state index is 11.3. The van der Waals surface area contributed by atoms with Gasteiger partial charge in [-0.15, -0.1) is 0 Å². The lowest BCUT2D eigenvalue weighted by Crippen LogP contribution is -2.24. The van der Waals surface area contributed by atoms with Crippen LogP contribution in [0.25, 0.3) is 0 Å². The Morgan fingerprint density at radius 2 is 2.00 bits per heavy atom. The topological polar surface area (TPSA) is 46.5 Å². The molecule has 0 saturated heterocycles. The van der Waals surface area contributed by atoms with E-state index in [-0.39, 0.29) is 18.2 Å². The van der Waals surface area contributed by atoms with E-state index in [0.717, 1.165) is 31.3 Å². The molecule has 2 aliphatic carbocycles. The van der Waals surface area contributed by atoms with Crippen molar-refractivity contribution in [3.8, 4) is 0 Å². The Kier molecular flexibility index (Phi) is 5.64. The van der Waals surface area contributed by atoms with Crippen LogP contribution in [0.2, 0.25) is 0 Å². The van der Waals surface area contributed by atoms with Gasteiger partial charge in [0.1, 0.15) is 6.10 Å². The SMILES string of the molecule is CC(=O)OC1CCC(C)CCCC2C=C(C1)C(O)CC2. The van der Waals surface area contributed by atoms with Gasteiger partial charge in [0.2, 0.25) is 0 Å². The maximum atomic E-state index is 11.3. The molecule has 3 heteroatoms. The molecule has 3 nitrogen and oxygen atoms in total. The van der Waals surface area contributed by atoms with E-state index in [1.54, 1.807) is 0 Å². The van der Waals surface area contributed by atoms with E-state index in [2.05, 4.69) is 13.0 Å². The first-order valence-electron chi connectivity index (χ1n) is 8.10. The standard InChI is InChI=1S/C17H28O3/c1-12-4-3-5-14-7-9-17(19)15(10-14)11-16(8-6-12)20-13(2)18/h10,12,14,16-17,19H,3-9,11H2,1-2H3. The minimum Gasteiger partial charge on any atom is -0.462 e. The number of aliphatic hydroxyl groups is 1. The smallest absolute Gasteiger partial charge is 0.302 e. The van der Waals surface area contributed by atoms with Gasteiger partial charge in [0, 0.05) is 13.3 Å². The lowest BCUT2D eigenvalue weighted by Gasteiger charge is -2.27. The summed E-state index contributed by atoms with van der Waals surface area (Å²) in [5.41, 5.74) is 1.10. The Labute approximate surface area is 122 Å². The molecule has 0 saturated carbocycles. The molecule has 2 rings (SSSR count). The molecule has 4 unspecified atom stereocenters. The Morgan fingerprint density at radius 1 is 1.20 bits per heavy atom. The van der Waals surface area contributed by atoms with Crippen LogP contribution in [0.1, 0.15) is 65.2 Å². The van der Waals surface area contributed by atoms with Crippen molar-refractivity contribution < 1.29 is 14.6 Å². The van der Waals surface area contributed by atoms with Crippen molar-refractivity contribution in [3.63, 3.8) is 0 Å². The van der Waals surface area contributed by atoms with Gasteiger partial charge in [-0.05, 0) is 49.5 Å². The average Bonchev–Trinajstić information content (AvgIpc) is 2.40. The van der Waals surface area contributed by atoms with Crippen molar-refractivity contribution in [2.75, 3.05) is 0 Å². The van der Waals surface area contributed by atoms with Gasteiger partial charge in [-0.2, -0.15) is 0 Å². The second-order valence-corrected chi connectivity index (χ2v) is 6.64. The Morgan fingerprint density at radius 3 is 2.75 bits per heavy atom. The summed E-state index contributed by atoms with van der Waals surface area (Å²) in [5, 5.41) is 10.2. The highest BCUT2D eigenvalue weighted by Crippen LogP contribution is 2.32. The van der Waals surface area contributed by atoms with Crippen molar-refractivity contribution in [3.05, 3.63) is 11.6 Å². The number of carbonyl (C=O) groups is 1. The van der Waals surface area contributed by atoms with Crippen LogP contribution in [0.15, 0.2) is 11.6 Å². The van der Waals surface area contributed by atoms with Gasteiger partial charge in [0.15, 0.2) is 0 Å². The van der Waals surface area contributed by atoms with Crippen LogP contribution in [0, 0.1) is 11.8 Å². The van der Waals surface area contributed by atoms with Crippen molar-refractivity contribution in [2.45, 2.75) is 77.4 Å². The highest BCUT2D eigenvalue weighted by molar-refractivity contribution is 5.66. The Hall–Kier alpha value is -0.830. The Bertz CT molecular complexity index is 361. The minimum atomic E-state index is -0.331. The third kappa shape index (κ3) is 4.62. The van der Waals surface area contributed by atoms with Crippen molar-refractivity contribution in [1.29, 1.82) is 0 Å². The molecule has 0 fully saturated rings. The second-order valence-electron chi connectivity index (χ2n) is 6.64. The highest BCUT2D eigenvalue weighted by atomic mass is 16.5. The van der Waals surface area contributed by atoms with Crippen molar-refractivity contribution >= 4 is 5.97 Å². The molecular weight excluding hydrogens is 252 g/mol. The molecule has 0 radical (unpaired) electrons. The molecule has 20 heavy (non-hydrogen) atoms. The molecule has 4 atom stereocenters. The van der Waals surface area contributed by atoms with Crippen LogP contribution in [-0.4, -0.2) is 23.3 Å². The summed E-state index contributed by atoms with van der Waals surface area (Å²) >= 11 is 0. The van der Waals surface area contributed by atoms with E-state index < -0.39 is 0 Å². The van der Waals surface area contributed by atoms with E-state index in [0.29, 0.717) is 18.3 Å². The Balaban J connectivity index is 2.10. The predicted molar refractivity (Wildman–Crippen MR) is 79.2 cm³/mol. The summed E-state index contributed by atoms with van der Waals surface area (Å²) in [4.78, 5) is 11.3. The summed E-state index contributed by atoms with van der Waals surface area (Å²) < 4.78 is 5.46. The average molecular weight is 280 g/mol. The normalized spacial score (nSPS) is 35.6. The zero-order valence-corrected chi connectivity index (χ0v) is 12.8. The fourth-order valence-corrected chi connectivity index (χ4v) is 3.53. The lowest BCUT2D eigenvalue weighted by atomic mass is 9.83. The number of aliphatic hydroxyl groups excluding tert-OH is 1. The molecule has 1 N–H and O–H groups in total. The molecule has 2 aliphatic rings. The first-order valence-corrected chi connectivity index (χ1v) is 8.10. The molecule has 0 aliphatic heterocycles. The van der Waals surface area contributed by atoms with Crippen LogP contribution < -0.4 is 0 Å². The fraction of sp³-hybridized carbons (Fsp3) is 0.824. The zero-order valence-electron chi connectivity index (χ0n) is 12.8. The number of rotatable bonds is 1. The molecule has 2 bridgehead atoms. The number of hydrogen-bond acceptors (Lipinski definition) is 3. The first-order chi connectivity index (χ1) is 9.54. The summed E-state index contributed by atoms with van der Waals surface area (Å²) in [6, 6.07) is 0. The van der Waals surface area contributed by atoms with E-state index >= 15 is 0 Å². The predicted octanol–water partition coefficient (Wildman–Crippen LogP) is 3.61. The van der Waals surface area contributed by atoms with Gasteiger partial charge < -0.3 is 9.84 Å². The van der Waals surface area contributed by atoms with Crippen LogP contribution >= 0.6 is 0 Å². The number of ether oxygens (including phenoxy) is 1. The molecular formula is C17H28O3. The molecule has 0 aromatic heterocycles. The van der Waals surface area contributed by atoms with Gasteiger partial charge in [-0.25, -0.2) is 0 Å². The summed E-state index contributed by atoms with van der Waals surface area (Å²) in [7, 11) is 0. The van der Waals surface area contributed by atoms with E-state index in [1.807, 2.05) is 0 Å². The minimum absolute atomic E-state index is 0.0623. The third-order valence-corrected chi connectivity index (χ3v) is 4.74. The molecule has 0 aromatic rings. The number of hydrogen-bond donors (Lipinski definition) is 1. The van der Waals surface area contributed by atoms with E-state index in [4.69, 9.17) is 4.74 Å². The summed E-state index contributed by atoms with van der Waals surface area (Å²) in [6.07, 6.45) is 10.3. The summed E-state index contributed by atoms with van der Waals surface area (Å²) in [5.74, 6) is 1.09. The number of allylic oxidation sites excluding steroid dienone is 1. The monoisotopic (exact) mass is 280 g/mol. The molecule has 0 amide bonds. The van der Waals surface area contributed by atoms with Gasteiger partial charge in [0.05, 0.1) is 6.10 Å². The maximum Gasteiger partial charge on any atom is 0.302 e. The van der Waals surface area contributed by atoms with Gasteiger partial charge >= 0.3 is 5.97 Å². The molecule has 0 aromatic carbocycles. The molecule has 114 valence electrons. The lowest BCUT2D eigenvalue weighted by molar-refractivity contribution is -0.146. The van der Waals surface area contributed by atoms with Crippen LogP contribution in [0.4, 0.5) is 0 Å². The third-order valence-electron chi connectivity index (χ3n) is 4.74. The van der Waals surface area contributed by atoms with Crippen LogP contribution in [0.5, 0.6) is 0 Å². The zero-order chi connectivity index (χ0) is 14.5. The fourth-order valence-electron chi connectivity index (χ4n) is 3.53. The quantitative estimate of drug-likeness (QED) is 0.589. The van der Waals surface area contributed by atoms with Gasteiger partial charge in [-0.3, -0.25) is 4.79 Å². The van der Waals surface area contributed by atoms with Crippen molar-refractivity contribution in [1.82, 2.24) is 0 Å². The molecule has 0 heterocycles. The summed E-state index contributed by atoms with van der Waals surface area (Å²) in [6.45, 7) is 3.77.